The number of hydrogen-bond acceptors (Lipinski definition) is 4. The third kappa shape index (κ3) is 5.99. The van der Waals surface area contributed by atoms with Crippen molar-refractivity contribution in [3.8, 4) is 0 Å². The Morgan fingerprint density at radius 2 is 1.28 bits per heavy atom. The third-order valence-corrected chi connectivity index (χ3v) is 19.5. The molecule has 0 fully saturated rings. The van der Waals surface area contributed by atoms with E-state index < -0.39 is 33.4 Å². The van der Waals surface area contributed by atoms with Crippen LogP contribution in [0.2, 0.25) is 6.95 Å². The second-order valence-corrected chi connectivity index (χ2v) is 19.8. The van der Waals surface area contributed by atoms with Gasteiger partial charge < -0.3 is 0 Å². The monoisotopic (exact) mass is 466 g/mol. The molecular weight excluding hydrogens is 448 g/mol. The summed E-state index contributed by atoms with van der Waals surface area (Å²) in [5.74, 6) is -0.0514. The minimum atomic E-state index is -2.78. The zero-order valence-electron chi connectivity index (χ0n) is 11.2. The van der Waals surface area contributed by atoms with Gasteiger partial charge >= 0.3 is 120 Å². The molecule has 100 valence electrons. The molecule has 0 heterocycles. The Balaban J connectivity index is 4.57. The molecular formula is C12H18ClO4Tl. The van der Waals surface area contributed by atoms with Crippen molar-refractivity contribution in [2.75, 3.05) is 0 Å². The molecule has 0 aromatic rings. The number of ether oxygens (including phenoxy) is 2. The number of rotatable bonds is 6. The van der Waals surface area contributed by atoms with Crippen LogP contribution in [-0.4, -0.2) is 33.4 Å². The van der Waals surface area contributed by atoms with E-state index in [4.69, 9.17) is 17.8 Å². The summed E-state index contributed by atoms with van der Waals surface area (Å²) in [4.78, 5) is 21.7. The van der Waals surface area contributed by atoms with Crippen molar-refractivity contribution in [1.82, 2.24) is 0 Å². The van der Waals surface area contributed by atoms with Gasteiger partial charge in [-0.2, -0.15) is 0 Å². The Hall–Kier alpha value is -0.368. The molecule has 0 aliphatic rings. The van der Waals surface area contributed by atoms with Crippen LogP contribution >= 0.6 is 8.32 Å². The van der Waals surface area contributed by atoms with Crippen molar-refractivity contribution >= 4 is 41.7 Å². The zero-order chi connectivity index (χ0) is 14.5. The van der Waals surface area contributed by atoms with E-state index in [2.05, 4.69) is 13.2 Å². The van der Waals surface area contributed by atoms with Crippen molar-refractivity contribution in [2.24, 2.45) is 0 Å². The van der Waals surface area contributed by atoms with Crippen LogP contribution in [0.3, 0.4) is 0 Å². The van der Waals surface area contributed by atoms with Gasteiger partial charge in [0, 0.05) is 0 Å². The van der Waals surface area contributed by atoms with Crippen LogP contribution in [0.15, 0.2) is 24.7 Å². The maximum absolute atomic E-state index is 10.8. The van der Waals surface area contributed by atoms with Gasteiger partial charge in [-0.25, -0.2) is 0 Å². The summed E-state index contributed by atoms with van der Waals surface area (Å²) in [7, 11) is 6.46. The van der Waals surface area contributed by atoms with Crippen molar-refractivity contribution in [2.45, 2.75) is 34.6 Å². The Labute approximate surface area is 120 Å². The van der Waals surface area contributed by atoms with E-state index in [0.717, 1.165) is 0 Å². The first-order valence-electron chi connectivity index (χ1n) is 5.55. The number of carbonyl (C=O) groups is 2. The maximum atomic E-state index is 10.8. The summed E-state index contributed by atoms with van der Waals surface area (Å²) in [6, 6.07) is 0. The first kappa shape index (κ1) is 17.6. The van der Waals surface area contributed by atoms with Crippen LogP contribution in [0.1, 0.15) is 27.7 Å². The molecule has 0 bridgehead atoms. The Kier molecular flexibility index (Phi) is 7.77. The second-order valence-electron chi connectivity index (χ2n) is 4.14. The molecule has 4 nitrogen and oxygen atoms in total. The SMILES string of the molecule is C=C(OC(C)=O)[CH](C)[Tl]([Cl])[CH](C)C(=C)OC(C)=O. The van der Waals surface area contributed by atoms with Crippen molar-refractivity contribution in [1.29, 1.82) is 0 Å². The molecule has 2 unspecified atom stereocenters. The van der Waals surface area contributed by atoms with Crippen LogP contribution in [0.25, 0.3) is 0 Å². The first-order valence-corrected chi connectivity index (χ1v) is 16.3. The molecule has 0 N–H and O–H groups in total. The second kappa shape index (κ2) is 7.93. The fourth-order valence-electron chi connectivity index (χ4n) is 1.34. The summed E-state index contributed by atoms with van der Waals surface area (Å²) >= 11 is -2.78. The van der Waals surface area contributed by atoms with Gasteiger partial charge in [-0.1, -0.05) is 0 Å². The van der Waals surface area contributed by atoms with E-state index in [1.165, 1.54) is 13.8 Å². The van der Waals surface area contributed by atoms with Gasteiger partial charge in [0.15, 0.2) is 0 Å². The fraction of sp³-hybridized carbons (Fsp3) is 0.500. The van der Waals surface area contributed by atoms with Crippen molar-refractivity contribution in [3.05, 3.63) is 24.7 Å². The van der Waals surface area contributed by atoms with Crippen molar-refractivity contribution < 1.29 is 19.1 Å². The summed E-state index contributed by atoms with van der Waals surface area (Å²) in [5.41, 5.74) is 0. The van der Waals surface area contributed by atoms with E-state index in [0.29, 0.717) is 11.5 Å². The fourth-order valence-corrected chi connectivity index (χ4v) is 10.5. The van der Waals surface area contributed by atoms with E-state index in [1.807, 2.05) is 13.8 Å². The van der Waals surface area contributed by atoms with E-state index in [9.17, 15) is 9.59 Å². The summed E-state index contributed by atoms with van der Waals surface area (Å²) in [6.07, 6.45) is 0. The predicted octanol–water partition coefficient (Wildman–Crippen LogP) is 3.15. The van der Waals surface area contributed by atoms with E-state index in [1.54, 1.807) is 0 Å². The Morgan fingerprint density at radius 3 is 1.50 bits per heavy atom. The van der Waals surface area contributed by atoms with Crippen LogP contribution < -0.4 is 0 Å². The van der Waals surface area contributed by atoms with E-state index in [-0.39, 0.29) is 6.95 Å². The van der Waals surface area contributed by atoms with Crippen LogP contribution in [0.5, 0.6) is 0 Å². The number of carbonyl (C=O) groups excluding carboxylic acids is 2. The molecule has 0 aromatic carbocycles. The average Bonchev–Trinajstić information content (AvgIpc) is 2.24. The van der Waals surface area contributed by atoms with Crippen molar-refractivity contribution in [3.63, 3.8) is 0 Å². The quantitative estimate of drug-likeness (QED) is 0.343. The molecule has 0 aliphatic heterocycles. The molecule has 0 aliphatic carbocycles. The molecule has 0 aromatic heterocycles. The zero-order valence-corrected chi connectivity index (χ0v) is 16.4. The van der Waals surface area contributed by atoms with Gasteiger partial charge in [-0.15, -0.1) is 0 Å². The standard InChI is InChI=1S/2C6H9O2.ClH.Tl/c2*1-4-5(2)8-6(3)7;;/h2*4H,2H2,1,3H3;1H;/q;;;+1/p-1. The van der Waals surface area contributed by atoms with Gasteiger partial charge in [0.1, 0.15) is 0 Å². The summed E-state index contributed by atoms with van der Waals surface area (Å²) in [6.45, 7) is 13.8. The predicted molar refractivity (Wildman–Crippen MR) is 72.3 cm³/mol. The third-order valence-electron chi connectivity index (χ3n) is 2.52. The topological polar surface area (TPSA) is 52.6 Å². The van der Waals surface area contributed by atoms with Crippen LogP contribution in [-0.2, 0) is 19.1 Å². The Morgan fingerprint density at radius 1 is 1.00 bits per heavy atom. The number of allylic oxidation sites excluding steroid dienone is 2. The molecule has 2 atom stereocenters. The molecule has 0 amide bonds. The first-order chi connectivity index (χ1) is 8.16. The number of esters is 2. The molecule has 0 rings (SSSR count). The number of hydrogen-bond donors (Lipinski definition) is 0. The molecule has 0 saturated carbocycles. The van der Waals surface area contributed by atoms with Gasteiger partial charge in [0.2, 0.25) is 0 Å². The van der Waals surface area contributed by atoms with Gasteiger partial charge in [-0.3, -0.25) is 0 Å². The summed E-state index contributed by atoms with van der Waals surface area (Å²) in [5, 5.41) is 0. The van der Waals surface area contributed by atoms with Crippen LogP contribution in [0.4, 0.5) is 0 Å². The summed E-state index contributed by atoms with van der Waals surface area (Å²) < 4.78 is 9.77. The Bertz CT molecular complexity index is 333. The molecule has 0 radical (unpaired) electrons. The molecule has 6 heteroatoms. The molecule has 18 heavy (non-hydrogen) atoms. The van der Waals surface area contributed by atoms with Gasteiger partial charge in [-0.05, 0) is 0 Å². The van der Waals surface area contributed by atoms with Gasteiger partial charge in [0.25, 0.3) is 0 Å². The molecule has 0 spiro atoms. The van der Waals surface area contributed by atoms with Gasteiger partial charge in [0.05, 0.1) is 0 Å². The van der Waals surface area contributed by atoms with Crippen LogP contribution in [0, 0.1) is 0 Å². The minimum absolute atomic E-state index is 0.0575. The average molecular weight is 466 g/mol. The normalized spacial score (nSPS) is 13.2. The molecule has 0 saturated heterocycles. The number of halogens is 1. The van der Waals surface area contributed by atoms with E-state index >= 15 is 0 Å².